The summed E-state index contributed by atoms with van der Waals surface area (Å²) in [6.45, 7) is 9.51. The highest BCUT2D eigenvalue weighted by Crippen LogP contribution is 2.24. The summed E-state index contributed by atoms with van der Waals surface area (Å²) in [5.74, 6) is 0.383. The van der Waals surface area contributed by atoms with Crippen LogP contribution in [0.2, 0.25) is 0 Å². The van der Waals surface area contributed by atoms with Crippen molar-refractivity contribution >= 4 is 23.2 Å². The summed E-state index contributed by atoms with van der Waals surface area (Å²) in [7, 11) is 0. The third-order valence-corrected chi connectivity index (χ3v) is 5.57. The van der Waals surface area contributed by atoms with Crippen LogP contribution in [0.1, 0.15) is 54.5 Å². The number of carbonyl (C=O) groups is 2. The molecule has 154 valence electrons. The molecule has 0 bridgehead atoms. The van der Waals surface area contributed by atoms with Gasteiger partial charge in [-0.3, -0.25) is 14.6 Å². The lowest BCUT2D eigenvalue weighted by Gasteiger charge is -2.32. The second-order valence-electron chi connectivity index (χ2n) is 7.58. The van der Waals surface area contributed by atoms with Gasteiger partial charge in [-0.1, -0.05) is 6.92 Å². The minimum atomic E-state index is -0.249. The topological polar surface area (TPSA) is 65.5 Å². The van der Waals surface area contributed by atoms with Gasteiger partial charge in [0.15, 0.2) is 0 Å². The van der Waals surface area contributed by atoms with Crippen LogP contribution in [0.4, 0.5) is 11.4 Å². The molecule has 1 N–H and O–H groups in total. The number of amides is 2. The maximum Gasteiger partial charge on any atom is 0.272 e. The van der Waals surface area contributed by atoms with E-state index in [-0.39, 0.29) is 17.5 Å². The first kappa shape index (κ1) is 20.8. The highest BCUT2D eigenvalue weighted by molar-refractivity contribution is 6.05. The molecule has 0 spiro atoms. The van der Waals surface area contributed by atoms with Crippen molar-refractivity contribution in [3.8, 4) is 0 Å². The zero-order chi connectivity index (χ0) is 20.8. The van der Waals surface area contributed by atoms with Gasteiger partial charge in [0.25, 0.3) is 11.8 Å². The third kappa shape index (κ3) is 5.13. The molecule has 1 saturated heterocycles. The number of benzene rings is 1. The van der Waals surface area contributed by atoms with Gasteiger partial charge in [-0.25, -0.2) is 0 Å². The van der Waals surface area contributed by atoms with Crippen LogP contribution in [0.15, 0.2) is 42.6 Å². The van der Waals surface area contributed by atoms with Crippen LogP contribution in [0.5, 0.6) is 0 Å². The van der Waals surface area contributed by atoms with E-state index in [0.717, 1.165) is 24.7 Å². The second-order valence-corrected chi connectivity index (χ2v) is 7.58. The molecule has 6 heteroatoms. The molecule has 6 nitrogen and oxygen atoms in total. The van der Waals surface area contributed by atoms with Gasteiger partial charge in [0.1, 0.15) is 5.69 Å². The Kier molecular flexibility index (Phi) is 6.86. The zero-order valence-electron chi connectivity index (χ0n) is 17.5. The summed E-state index contributed by atoms with van der Waals surface area (Å²) >= 11 is 0. The molecule has 1 aromatic heterocycles. The first-order valence-electron chi connectivity index (χ1n) is 10.4. The summed E-state index contributed by atoms with van der Waals surface area (Å²) in [4.78, 5) is 33.3. The molecule has 1 aromatic carbocycles. The molecular weight excluding hydrogens is 364 g/mol. The average Bonchev–Trinajstić information content (AvgIpc) is 2.76. The van der Waals surface area contributed by atoms with E-state index in [0.29, 0.717) is 18.7 Å². The fourth-order valence-electron chi connectivity index (χ4n) is 3.59. The molecule has 0 unspecified atom stereocenters. The van der Waals surface area contributed by atoms with Gasteiger partial charge in [0, 0.05) is 49.3 Å². The number of hydrogen-bond acceptors (Lipinski definition) is 4. The van der Waals surface area contributed by atoms with Crippen molar-refractivity contribution in [3.05, 3.63) is 53.9 Å². The molecular formula is C23H30N4O2. The first-order valence-corrected chi connectivity index (χ1v) is 10.4. The van der Waals surface area contributed by atoms with Crippen LogP contribution >= 0.6 is 0 Å². The van der Waals surface area contributed by atoms with Gasteiger partial charge in [0.2, 0.25) is 0 Å². The molecule has 2 heterocycles. The number of carbonyl (C=O) groups excluding carboxylic acids is 2. The van der Waals surface area contributed by atoms with Gasteiger partial charge < -0.3 is 15.1 Å². The summed E-state index contributed by atoms with van der Waals surface area (Å²) < 4.78 is 0. The maximum atomic E-state index is 12.6. The second kappa shape index (κ2) is 9.54. The SMILES string of the molecule is CCN(CC)C(=O)c1cc(C(=O)Nc2ccc(N3CCC(C)CC3)cc2)ccn1. The molecule has 1 aliphatic rings. The molecule has 29 heavy (non-hydrogen) atoms. The van der Waals surface area contributed by atoms with E-state index >= 15 is 0 Å². The molecule has 2 aromatic rings. The molecule has 0 radical (unpaired) electrons. The zero-order valence-corrected chi connectivity index (χ0v) is 17.5. The van der Waals surface area contributed by atoms with Crippen molar-refractivity contribution in [3.63, 3.8) is 0 Å². The molecule has 2 amide bonds. The first-order chi connectivity index (χ1) is 14.0. The molecule has 1 fully saturated rings. The van der Waals surface area contributed by atoms with Gasteiger partial charge in [-0.15, -0.1) is 0 Å². The Morgan fingerprint density at radius 3 is 2.38 bits per heavy atom. The fraction of sp³-hybridized carbons (Fsp3) is 0.435. The molecule has 1 aliphatic heterocycles. The Morgan fingerprint density at radius 2 is 1.76 bits per heavy atom. The highest BCUT2D eigenvalue weighted by Gasteiger charge is 2.17. The molecule has 0 aliphatic carbocycles. The number of anilines is 2. The molecule has 0 saturated carbocycles. The summed E-state index contributed by atoms with van der Waals surface area (Å²) in [5, 5.41) is 2.91. The van der Waals surface area contributed by atoms with E-state index in [2.05, 4.69) is 22.1 Å². The predicted molar refractivity (Wildman–Crippen MR) is 116 cm³/mol. The number of hydrogen-bond donors (Lipinski definition) is 1. The van der Waals surface area contributed by atoms with E-state index < -0.39 is 0 Å². The van der Waals surface area contributed by atoms with Crippen molar-refractivity contribution in [2.45, 2.75) is 33.6 Å². The van der Waals surface area contributed by atoms with Gasteiger partial charge in [-0.2, -0.15) is 0 Å². The smallest absolute Gasteiger partial charge is 0.272 e. The normalized spacial score (nSPS) is 14.5. The Balaban J connectivity index is 1.66. The Hall–Kier alpha value is -2.89. The lowest BCUT2D eigenvalue weighted by molar-refractivity contribution is 0.0767. The largest absolute Gasteiger partial charge is 0.372 e. The number of aromatic nitrogens is 1. The lowest BCUT2D eigenvalue weighted by Crippen LogP contribution is -2.32. The van der Waals surface area contributed by atoms with Crippen molar-refractivity contribution in [1.82, 2.24) is 9.88 Å². The molecule has 3 rings (SSSR count). The predicted octanol–water partition coefficient (Wildman–Crippen LogP) is 4.05. The summed E-state index contributed by atoms with van der Waals surface area (Å²) in [5.41, 5.74) is 2.63. The van der Waals surface area contributed by atoms with Crippen molar-refractivity contribution in [2.75, 3.05) is 36.4 Å². The van der Waals surface area contributed by atoms with Crippen molar-refractivity contribution in [1.29, 1.82) is 0 Å². The van der Waals surface area contributed by atoms with E-state index in [1.807, 2.05) is 38.1 Å². The molecule has 0 atom stereocenters. The highest BCUT2D eigenvalue weighted by atomic mass is 16.2. The Bertz CT molecular complexity index is 838. The monoisotopic (exact) mass is 394 g/mol. The number of rotatable bonds is 6. The van der Waals surface area contributed by atoms with Gasteiger partial charge in [0.05, 0.1) is 0 Å². The average molecular weight is 395 g/mol. The van der Waals surface area contributed by atoms with E-state index in [1.54, 1.807) is 17.0 Å². The number of nitrogens with zero attached hydrogens (tertiary/aromatic N) is 3. The fourth-order valence-corrected chi connectivity index (χ4v) is 3.59. The van der Waals surface area contributed by atoms with Crippen molar-refractivity contribution in [2.24, 2.45) is 5.92 Å². The number of pyridine rings is 1. The van der Waals surface area contributed by atoms with Crippen LogP contribution in [0.25, 0.3) is 0 Å². The van der Waals surface area contributed by atoms with Gasteiger partial charge >= 0.3 is 0 Å². The number of piperidine rings is 1. The minimum absolute atomic E-state index is 0.162. The summed E-state index contributed by atoms with van der Waals surface area (Å²) in [6, 6.07) is 11.1. The maximum absolute atomic E-state index is 12.6. The van der Waals surface area contributed by atoms with Crippen LogP contribution < -0.4 is 10.2 Å². The van der Waals surface area contributed by atoms with Crippen LogP contribution in [-0.2, 0) is 0 Å². The minimum Gasteiger partial charge on any atom is -0.372 e. The summed E-state index contributed by atoms with van der Waals surface area (Å²) in [6.07, 6.45) is 3.94. The third-order valence-electron chi connectivity index (χ3n) is 5.57. The van der Waals surface area contributed by atoms with Crippen LogP contribution in [0.3, 0.4) is 0 Å². The lowest BCUT2D eigenvalue weighted by atomic mass is 9.99. The van der Waals surface area contributed by atoms with E-state index in [4.69, 9.17) is 0 Å². The Labute approximate surface area is 172 Å². The van der Waals surface area contributed by atoms with Crippen molar-refractivity contribution < 1.29 is 9.59 Å². The number of nitrogens with one attached hydrogen (secondary N) is 1. The van der Waals surface area contributed by atoms with E-state index in [9.17, 15) is 9.59 Å². The Morgan fingerprint density at radius 1 is 1.10 bits per heavy atom. The quantitative estimate of drug-likeness (QED) is 0.803. The van der Waals surface area contributed by atoms with Gasteiger partial charge in [-0.05, 0) is 69.0 Å². The van der Waals surface area contributed by atoms with Crippen LogP contribution in [-0.4, -0.2) is 47.9 Å². The van der Waals surface area contributed by atoms with E-state index in [1.165, 1.54) is 24.7 Å². The van der Waals surface area contributed by atoms with Crippen LogP contribution in [0, 0.1) is 5.92 Å². The standard InChI is InChI=1S/C23H30N4O2/c1-4-26(5-2)23(29)21-16-18(10-13-24-21)22(28)25-19-6-8-20(9-7-19)27-14-11-17(3)12-15-27/h6-10,13,16-17H,4-5,11-12,14-15H2,1-3H3,(H,25,28).